The smallest absolute Gasteiger partial charge is 0.438 e. The second kappa shape index (κ2) is 5.44. The highest BCUT2D eigenvalue weighted by Gasteiger charge is 2.40. The van der Waals surface area contributed by atoms with Crippen molar-refractivity contribution in [3.63, 3.8) is 0 Å². The van der Waals surface area contributed by atoms with E-state index in [9.17, 15) is 4.79 Å². The molecule has 18 heavy (non-hydrogen) atoms. The van der Waals surface area contributed by atoms with Gasteiger partial charge in [0.2, 0.25) is 0 Å². The van der Waals surface area contributed by atoms with Gasteiger partial charge in [0.05, 0.1) is 13.2 Å². The first-order valence-corrected chi connectivity index (χ1v) is 9.17. The summed E-state index contributed by atoms with van der Waals surface area (Å²) in [5.74, 6) is 0. The third-order valence-electron chi connectivity index (χ3n) is 3.67. The van der Waals surface area contributed by atoms with Crippen LogP contribution in [0.4, 0.5) is 4.79 Å². The first kappa shape index (κ1) is 15.2. The van der Waals surface area contributed by atoms with Gasteiger partial charge >= 0.3 is 6.16 Å². The van der Waals surface area contributed by atoms with Gasteiger partial charge in [0.15, 0.2) is 8.32 Å². The Hall–Kier alpha value is -0.813. The van der Waals surface area contributed by atoms with E-state index in [0.29, 0.717) is 6.42 Å². The van der Waals surface area contributed by atoms with Gasteiger partial charge in [-0.15, -0.1) is 0 Å². The molecule has 0 N–H and O–H groups in total. The first-order valence-electron chi connectivity index (χ1n) is 6.26. The van der Waals surface area contributed by atoms with Crippen molar-refractivity contribution < 1.29 is 18.7 Å². The highest BCUT2D eigenvalue weighted by molar-refractivity contribution is 6.74. The topological polar surface area (TPSA) is 44.8 Å². The third-order valence-corrected chi connectivity index (χ3v) is 8.18. The van der Waals surface area contributed by atoms with E-state index in [2.05, 4.69) is 38.6 Å². The summed E-state index contributed by atoms with van der Waals surface area (Å²) in [5.41, 5.74) is 0. The van der Waals surface area contributed by atoms with E-state index in [1.807, 2.05) is 12.2 Å². The molecule has 0 aromatic rings. The molecule has 0 heterocycles. The van der Waals surface area contributed by atoms with E-state index >= 15 is 0 Å². The fraction of sp³-hybridized carbons (Fsp3) is 0.769. The minimum Gasteiger partial charge on any atom is -0.438 e. The van der Waals surface area contributed by atoms with Gasteiger partial charge in [-0.25, -0.2) is 4.79 Å². The van der Waals surface area contributed by atoms with Crippen LogP contribution in [0.5, 0.6) is 0 Å². The molecule has 1 aliphatic carbocycles. The number of rotatable bonds is 3. The molecule has 0 aliphatic heterocycles. The molecule has 0 bridgehead atoms. The van der Waals surface area contributed by atoms with Crippen molar-refractivity contribution in [2.75, 3.05) is 7.11 Å². The van der Waals surface area contributed by atoms with Crippen molar-refractivity contribution in [2.24, 2.45) is 0 Å². The second-order valence-corrected chi connectivity index (χ2v) is 10.9. The minimum atomic E-state index is -1.77. The van der Waals surface area contributed by atoms with Crippen molar-refractivity contribution in [1.29, 1.82) is 0 Å². The van der Waals surface area contributed by atoms with Gasteiger partial charge in [-0.05, 0) is 24.2 Å². The zero-order valence-electron chi connectivity index (χ0n) is 12.1. The largest absolute Gasteiger partial charge is 0.508 e. The van der Waals surface area contributed by atoms with E-state index in [4.69, 9.17) is 9.16 Å². The second-order valence-electron chi connectivity index (χ2n) is 6.15. The maximum absolute atomic E-state index is 11.0. The normalized spacial score (nSPS) is 24.1. The SMILES string of the molecule is COC(=O)O[C@H]1C=C[C@@H](O[Si](C)(C)C(C)(C)C)C1. The lowest BCUT2D eigenvalue weighted by atomic mass is 10.2. The van der Waals surface area contributed by atoms with Crippen LogP contribution in [-0.4, -0.2) is 33.8 Å². The predicted molar refractivity (Wildman–Crippen MR) is 73.1 cm³/mol. The summed E-state index contributed by atoms with van der Waals surface area (Å²) in [6.45, 7) is 11.1. The van der Waals surface area contributed by atoms with Crippen LogP contribution in [0.1, 0.15) is 27.2 Å². The van der Waals surface area contributed by atoms with Crippen LogP contribution in [-0.2, 0) is 13.9 Å². The van der Waals surface area contributed by atoms with Gasteiger partial charge in [-0.2, -0.15) is 0 Å². The monoisotopic (exact) mass is 272 g/mol. The molecular formula is C13H24O4Si. The Labute approximate surface area is 110 Å². The van der Waals surface area contributed by atoms with Crippen LogP contribution >= 0.6 is 0 Å². The molecule has 1 aliphatic rings. The van der Waals surface area contributed by atoms with Gasteiger partial charge in [-0.1, -0.05) is 26.8 Å². The Bertz CT molecular complexity index is 330. The molecular weight excluding hydrogens is 248 g/mol. The van der Waals surface area contributed by atoms with E-state index < -0.39 is 14.5 Å². The van der Waals surface area contributed by atoms with Gasteiger partial charge in [0, 0.05) is 6.42 Å². The van der Waals surface area contributed by atoms with Crippen molar-refractivity contribution in [3.05, 3.63) is 12.2 Å². The molecule has 104 valence electrons. The lowest BCUT2D eigenvalue weighted by Crippen LogP contribution is -2.43. The van der Waals surface area contributed by atoms with Crippen LogP contribution < -0.4 is 0 Å². The lowest BCUT2D eigenvalue weighted by molar-refractivity contribution is 0.0448. The number of carbonyl (C=O) groups excluding carboxylic acids is 1. The number of hydrogen-bond donors (Lipinski definition) is 0. The fourth-order valence-corrected chi connectivity index (χ4v) is 2.82. The highest BCUT2D eigenvalue weighted by Crippen LogP contribution is 2.38. The number of hydrogen-bond acceptors (Lipinski definition) is 4. The molecule has 2 atom stereocenters. The number of carbonyl (C=O) groups is 1. The summed E-state index contributed by atoms with van der Waals surface area (Å²) in [7, 11) is -0.461. The van der Waals surface area contributed by atoms with E-state index in [0.717, 1.165) is 0 Å². The van der Waals surface area contributed by atoms with E-state index in [-0.39, 0.29) is 17.2 Å². The summed E-state index contributed by atoms with van der Waals surface area (Å²) in [6, 6.07) is 0. The molecule has 0 aromatic heterocycles. The van der Waals surface area contributed by atoms with Gasteiger partial charge in [0.25, 0.3) is 0 Å². The molecule has 1 rings (SSSR count). The van der Waals surface area contributed by atoms with Gasteiger partial charge in [0.1, 0.15) is 6.10 Å². The maximum atomic E-state index is 11.0. The zero-order valence-corrected chi connectivity index (χ0v) is 13.1. The van der Waals surface area contributed by atoms with Crippen LogP contribution in [0.15, 0.2) is 12.2 Å². The summed E-state index contributed by atoms with van der Waals surface area (Å²) < 4.78 is 15.8. The molecule has 0 saturated carbocycles. The fourth-order valence-electron chi connectivity index (χ4n) is 1.54. The quantitative estimate of drug-likeness (QED) is 0.448. The Morgan fingerprint density at radius 1 is 1.22 bits per heavy atom. The average molecular weight is 272 g/mol. The molecule has 0 fully saturated rings. The Morgan fingerprint density at radius 2 is 1.78 bits per heavy atom. The maximum Gasteiger partial charge on any atom is 0.508 e. The van der Waals surface area contributed by atoms with Crippen molar-refractivity contribution >= 4 is 14.5 Å². The van der Waals surface area contributed by atoms with Crippen molar-refractivity contribution in [2.45, 2.75) is 57.5 Å². The summed E-state index contributed by atoms with van der Waals surface area (Å²) in [4.78, 5) is 11.0. The van der Waals surface area contributed by atoms with Crippen LogP contribution in [0.3, 0.4) is 0 Å². The first-order chi connectivity index (χ1) is 8.15. The third kappa shape index (κ3) is 3.85. The zero-order chi connectivity index (χ0) is 14.0. The Balaban J connectivity index is 2.49. The molecule has 4 nitrogen and oxygen atoms in total. The van der Waals surface area contributed by atoms with Crippen molar-refractivity contribution in [1.82, 2.24) is 0 Å². The van der Waals surface area contributed by atoms with Gasteiger partial charge in [-0.3, -0.25) is 0 Å². The minimum absolute atomic E-state index is 0.0422. The molecule has 0 spiro atoms. The standard InChI is InChI=1S/C13H24O4Si/c1-13(2,3)18(5,6)17-11-8-7-10(9-11)16-12(14)15-4/h7-8,10-11H,9H2,1-6H3/t10-,11+/m0/s1. The average Bonchev–Trinajstić information content (AvgIpc) is 2.62. The Kier molecular flexibility index (Phi) is 4.61. The van der Waals surface area contributed by atoms with E-state index in [1.165, 1.54) is 7.11 Å². The summed E-state index contributed by atoms with van der Waals surface area (Å²) in [6.07, 6.45) is 3.70. The Morgan fingerprint density at radius 3 is 2.28 bits per heavy atom. The lowest BCUT2D eigenvalue weighted by Gasteiger charge is -2.38. The van der Waals surface area contributed by atoms with E-state index in [1.54, 1.807) is 0 Å². The van der Waals surface area contributed by atoms with Crippen LogP contribution in [0, 0.1) is 0 Å². The van der Waals surface area contributed by atoms with Gasteiger partial charge < -0.3 is 13.9 Å². The summed E-state index contributed by atoms with van der Waals surface area (Å²) in [5, 5.41) is 0.183. The number of ether oxygens (including phenoxy) is 2. The highest BCUT2D eigenvalue weighted by atomic mass is 28.4. The van der Waals surface area contributed by atoms with Crippen molar-refractivity contribution in [3.8, 4) is 0 Å². The molecule has 0 amide bonds. The van der Waals surface area contributed by atoms with Crippen LogP contribution in [0.25, 0.3) is 0 Å². The van der Waals surface area contributed by atoms with Crippen LogP contribution in [0.2, 0.25) is 18.1 Å². The molecule has 0 aromatic carbocycles. The molecule has 5 heteroatoms. The summed E-state index contributed by atoms with van der Waals surface area (Å²) >= 11 is 0. The predicted octanol–water partition coefficient (Wildman–Crippen LogP) is 3.49. The molecule has 0 saturated heterocycles. The molecule has 0 unspecified atom stereocenters. The number of methoxy groups -OCH3 is 1. The molecule has 0 radical (unpaired) electrons.